The molecule has 3 atom stereocenters. The highest BCUT2D eigenvalue weighted by molar-refractivity contribution is 5.79. The maximum absolute atomic E-state index is 12.7. The molecule has 2 aliphatic carbocycles. The third kappa shape index (κ3) is 3.19. The molecule has 20 heavy (non-hydrogen) atoms. The summed E-state index contributed by atoms with van der Waals surface area (Å²) in [6.45, 7) is 1.00. The maximum atomic E-state index is 12.7. The van der Waals surface area contributed by atoms with Gasteiger partial charge in [-0.15, -0.1) is 0 Å². The summed E-state index contributed by atoms with van der Waals surface area (Å²) in [7, 11) is 0. The largest absolute Gasteiger partial charge is 0.339 e. The smallest absolute Gasteiger partial charge is 0.225 e. The van der Waals surface area contributed by atoms with Gasteiger partial charge in [-0.1, -0.05) is 32.1 Å². The zero-order valence-corrected chi connectivity index (χ0v) is 12.7. The summed E-state index contributed by atoms with van der Waals surface area (Å²) >= 11 is 0. The van der Waals surface area contributed by atoms with E-state index in [9.17, 15) is 4.79 Å². The molecule has 3 fully saturated rings. The molecule has 1 heterocycles. The second-order valence-electron chi connectivity index (χ2n) is 7.34. The maximum Gasteiger partial charge on any atom is 0.225 e. The van der Waals surface area contributed by atoms with Gasteiger partial charge in [-0.05, 0) is 44.4 Å². The molecular formula is C17H30N2O. The highest BCUT2D eigenvalue weighted by atomic mass is 16.2. The number of hydrogen-bond acceptors (Lipinski definition) is 2. The molecule has 1 amide bonds. The first kappa shape index (κ1) is 14.4. The van der Waals surface area contributed by atoms with Gasteiger partial charge in [0.25, 0.3) is 0 Å². The second kappa shape index (κ2) is 6.46. The van der Waals surface area contributed by atoms with Gasteiger partial charge < -0.3 is 10.6 Å². The molecular weight excluding hydrogens is 248 g/mol. The van der Waals surface area contributed by atoms with Crippen LogP contribution in [0.15, 0.2) is 0 Å². The number of likely N-dealkylation sites (tertiary alicyclic amines) is 1. The minimum Gasteiger partial charge on any atom is -0.339 e. The number of rotatable bonds is 3. The lowest BCUT2D eigenvalue weighted by Crippen LogP contribution is -2.40. The van der Waals surface area contributed by atoms with Crippen molar-refractivity contribution in [3.05, 3.63) is 0 Å². The molecule has 114 valence electrons. The van der Waals surface area contributed by atoms with Crippen LogP contribution in [0.25, 0.3) is 0 Å². The van der Waals surface area contributed by atoms with Crippen LogP contribution in [-0.2, 0) is 4.79 Å². The van der Waals surface area contributed by atoms with Crippen molar-refractivity contribution in [2.24, 2.45) is 17.6 Å². The van der Waals surface area contributed by atoms with Crippen LogP contribution >= 0.6 is 0 Å². The molecule has 0 spiro atoms. The van der Waals surface area contributed by atoms with Crippen molar-refractivity contribution >= 4 is 5.91 Å². The quantitative estimate of drug-likeness (QED) is 0.862. The van der Waals surface area contributed by atoms with Crippen molar-refractivity contribution in [1.82, 2.24) is 4.90 Å². The molecule has 0 aromatic carbocycles. The van der Waals surface area contributed by atoms with Crippen molar-refractivity contribution in [1.29, 1.82) is 0 Å². The highest BCUT2D eigenvalue weighted by Crippen LogP contribution is 2.34. The molecule has 3 rings (SSSR count). The monoisotopic (exact) mass is 278 g/mol. The number of nitrogens with zero attached hydrogens (tertiary/aromatic N) is 1. The van der Waals surface area contributed by atoms with E-state index < -0.39 is 0 Å². The van der Waals surface area contributed by atoms with Crippen molar-refractivity contribution in [2.45, 2.75) is 82.7 Å². The Hall–Kier alpha value is -0.570. The molecule has 1 aliphatic heterocycles. The summed E-state index contributed by atoms with van der Waals surface area (Å²) in [5.74, 6) is 1.54. The van der Waals surface area contributed by atoms with Gasteiger partial charge in [-0.2, -0.15) is 0 Å². The Labute approximate surface area is 123 Å². The fraction of sp³-hybridized carbons (Fsp3) is 0.941. The van der Waals surface area contributed by atoms with Crippen LogP contribution in [-0.4, -0.2) is 29.4 Å². The van der Waals surface area contributed by atoms with E-state index in [-0.39, 0.29) is 12.0 Å². The minimum atomic E-state index is 0.233. The average Bonchev–Trinajstić information content (AvgIpc) is 3.08. The van der Waals surface area contributed by atoms with Crippen molar-refractivity contribution < 1.29 is 4.79 Å². The first-order chi connectivity index (χ1) is 9.74. The molecule has 0 radical (unpaired) electrons. The van der Waals surface area contributed by atoms with Crippen molar-refractivity contribution in [3.8, 4) is 0 Å². The molecule has 2 N–H and O–H groups in total. The number of carbonyl (C=O) groups excluding carboxylic acids is 1. The summed E-state index contributed by atoms with van der Waals surface area (Å²) in [6, 6.07) is 0.811. The second-order valence-corrected chi connectivity index (χ2v) is 7.34. The third-order valence-corrected chi connectivity index (χ3v) is 5.81. The van der Waals surface area contributed by atoms with Gasteiger partial charge in [0, 0.05) is 24.5 Å². The standard InChI is InChI=1S/C17H30N2O/c18-15-9-8-14(12-15)17(20)19-10-4-7-16(19)11-13-5-2-1-3-6-13/h13-16H,1-12,18H2. The molecule has 0 bridgehead atoms. The Morgan fingerprint density at radius 1 is 1.00 bits per heavy atom. The van der Waals surface area contributed by atoms with Crippen LogP contribution in [0.4, 0.5) is 0 Å². The van der Waals surface area contributed by atoms with E-state index in [1.807, 2.05) is 0 Å². The van der Waals surface area contributed by atoms with E-state index in [4.69, 9.17) is 5.73 Å². The van der Waals surface area contributed by atoms with E-state index in [0.717, 1.165) is 31.7 Å². The average molecular weight is 278 g/mol. The summed E-state index contributed by atoms with van der Waals surface area (Å²) in [5.41, 5.74) is 5.97. The van der Waals surface area contributed by atoms with E-state index >= 15 is 0 Å². The number of carbonyl (C=O) groups is 1. The summed E-state index contributed by atoms with van der Waals surface area (Å²) in [5, 5.41) is 0. The van der Waals surface area contributed by atoms with Gasteiger partial charge in [0.15, 0.2) is 0 Å². The molecule has 3 nitrogen and oxygen atoms in total. The fourth-order valence-corrected chi connectivity index (χ4v) is 4.65. The minimum absolute atomic E-state index is 0.233. The van der Waals surface area contributed by atoms with Gasteiger partial charge in [0.2, 0.25) is 5.91 Å². The summed E-state index contributed by atoms with van der Waals surface area (Å²) in [4.78, 5) is 14.9. The fourth-order valence-electron chi connectivity index (χ4n) is 4.65. The van der Waals surface area contributed by atoms with E-state index in [0.29, 0.717) is 11.9 Å². The lowest BCUT2D eigenvalue weighted by Gasteiger charge is -2.31. The Kier molecular flexibility index (Phi) is 4.65. The van der Waals surface area contributed by atoms with Gasteiger partial charge in [-0.25, -0.2) is 0 Å². The number of hydrogen-bond donors (Lipinski definition) is 1. The lowest BCUT2D eigenvalue weighted by atomic mass is 9.84. The number of amides is 1. The Balaban J connectivity index is 1.55. The first-order valence-electron chi connectivity index (χ1n) is 8.80. The SMILES string of the molecule is NC1CCC(C(=O)N2CCCC2CC2CCCCC2)C1. The predicted octanol–water partition coefficient (Wildman–Crippen LogP) is 3.08. The van der Waals surface area contributed by atoms with Crippen LogP contribution in [0.3, 0.4) is 0 Å². The molecule has 0 aromatic heterocycles. The lowest BCUT2D eigenvalue weighted by molar-refractivity contribution is -0.136. The van der Waals surface area contributed by atoms with Crippen LogP contribution in [0, 0.1) is 11.8 Å². The number of nitrogens with two attached hydrogens (primary N) is 1. The van der Waals surface area contributed by atoms with Crippen molar-refractivity contribution in [2.75, 3.05) is 6.54 Å². The molecule has 3 heteroatoms. The Morgan fingerprint density at radius 2 is 1.80 bits per heavy atom. The zero-order valence-electron chi connectivity index (χ0n) is 12.7. The topological polar surface area (TPSA) is 46.3 Å². The van der Waals surface area contributed by atoms with Crippen LogP contribution in [0.5, 0.6) is 0 Å². The Morgan fingerprint density at radius 3 is 2.50 bits per heavy atom. The molecule has 0 aromatic rings. The summed E-state index contributed by atoms with van der Waals surface area (Å²) < 4.78 is 0. The molecule has 3 unspecified atom stereocenters. The van der Waals surface area contributed by atoms with Gasteiger partial charge in [0.05, 0.1) is 0 Å². The van der Waals surface area contributed by atoms with E-state index in [1.165, 1.54) is 51.4 Å². The molecule has 2 saturated carbocycles. The Bertz CT molecular complexity index is 338. The third-order valence-electron chi connectivity index (χ3n) is 5.81. The van der Waals surface area contributed by atoms with E-state index in [2.05, 4.69) is 4.90 Å². The zero-order chi connectivity index (χ0) is 13.9. The molecule has 3 aliphatic rings. The van der Waals surface area contributed by atoms with Gasteiger partial charge >= 0.3 is 0 Å². The normalized spacial score (nSPS) is 35.6. The summed E-state index contributed by atoms with van der Waals surface area (Å²) in [6.07, 6.45) is 13.7. The van der Waals surface area contributed by atoms with Crippen molar-refractivity contribution in [3.63, 3.8) is 0 Å². The van der Waals surface area contributed by atoms with Crippen LogP contribution < -0.4 is 5.73 Å². The van der Waals surface area contributed by atoms with Gasteiger partial charge in [0.1, 0.15) is 0 Å². The molecule has 1 saturated heterocycles. The first-order valence-corrected chi connectivity index (χ1v) is 8.80. The van der Waals surface area contributed by atoms with Gasteiger partial charge in [-0.3, -0.25) is 4.79 Å². The van der Waals surface area contributed by atoms with E-state index in [1.54, 1.807) is 0 Å². The predicted molar refractivity (Wildman–Crippen MR) is 81.2 cm³/mol. The van der Waals surface area contributed by atoms with Crippen LogP contribution in [0.2, 0.25) is 0 Å². The van der Waals surface area contributed by atoms with Crippen LogP contribution in [0.1, 0.15) is 70.6 Å². The highest BCUT2D eigenvalue weighted by Gasteiger charge is 2.36.